The minimum Gasteiger partial charge on any atom is -0.381 e. The van der Waals surface area contributed by atoms with Crippen LogP contribution in [0.3, 0.4) is 0 Å². The van der Waals surface area contributed by atoms with Crippen molar-refractivity contribution in [1.29, 1.82) is 0 Å². The average molecular weight is 159 g/mol. The Kier molecular flexibility index (Phi) is 6.57. The standard InChI is InChI=1S/C9H21NO/c1-5-11-7-9(6-10-4)8(2)3/h8-10H,5-7H2,1-4H3. The predicted octanol–water partition coefficient (Wildman–Crippen LogP) is 1.51. The Morgan fingerprint density at radius 3 is 2.36 bits per heavy atom. The van der Waals surface area contributed by atoms with Crippen LogP contribution in [-0.4, -0.2) is 26.8 Å². The van der Waals surface area contributed by atoms with Gasteiger partial charge < -0.3 is 10.1 Å². The first-order valence-electron chi connectivity index (χ1n) is 4.44. The molecule has 0 aromatic carbocycles. The zero-order chi connectivity index (χ0) is 8.69. The molecule has 1 unspecified atom stereocenters. The molecular formula is C9H21NO. The van der Waals surface area contributed by atoms with Crippen LogP contribution < -0.4 is 5.32 Å². The molecule has 2 nitrogen and oxygen atoms in total. The van der Waals surface area contributed by atoms with Crippen LogP contribution in [0, 0.1) is 11.8 Å². The maximum atomic E-state index is 5.37. The third-order valence-electron chi connectivity index (χ3n) is 1.95. The van der Waals surface area contributed by atoms with E-state index in [1.165, 1.54) is 0 Å². The Balaban J connectivity index is 3.51. The molecule has 0 aliphatic heterocycles. The SMILES string of the molecule is CCOCC(CNC)C(C)C. The molecule has 1 N–H and O–H groups in total. The van der Waals surface area contributed by atoms with Gasteiger partial charge in [-0.15, -0.1) is 0 Å². The smallest absolute Gasteiger partial charge is 0.0508 e. The molecular weight excluding hydrogens is 138 g/mol. The van der Waals surface area contributed by atoms with Gasteiger partial charge in [-0.3, -0.25) is 0 Å². The van der Waals surface area contributed by atoms with Gasteiger partial charge in [0, 0.05) is 13.2 Å². The number of hydrogen-bond donors (Lipinski definition) is 1. The molecule has 2 heteroatoms. The topological polar surface area (TPSA) is 21.3 Å². The number of hydrogen-bond acceptors (Lipinski definition) is 2. The van der Waals surface area contributed by atoms with Gasteiger partial charge in [-0.05, 0) is 25.8 Å². The molecule has 0 saturated heterocycles. The van der Waals surface area contributed by atoms with Gasteiger partial charge in [-0.1, -0.05) is 13.8 Å². The van der Waals surface area contributed by atoms with Crippen molar-refractivity contribution in [3.05, 3.63) is 0 Å². The minimum atomic E-state index is 0.653. The summed E-state index contributed by atoms with van der Waals surface area (Å²) in [7, 11) is 1.99. The van der Waals surface area contributed by atoms with E-state index in [1.807, 2.05) is 14.0 Å². The van der Waals surface area contributed by atoms with Crippen LogP contribution in [0.5, 0.6) is 0 Å². The van der Waals surface area contributed by atoms with Crippen molar-refractivity contribution in [3.63, 3.8) is 0 Å². The van der Waals surface area contributed by atoms with Crippen molar-refractivity contribution in [1.82, 2.24) is 5.32 Å². The van der Waals surface area contributed by atoms with Gasteiger partial charge in [0.05, 0.1) is 6.61 Å². The molecule has 0 aliphatic rings. The summed E-state index contributed by atoms with van der Waals surface area (Å²) >= 11 is 0. The molecule has 0 heterocycles. The Morgan fingerprint density at radius 1 is 1.36 bits per heavy atom. The van der Waals surface area contributed by atoms with Crippen molar-refractivity contribution in [2.45, 2.75) is 20.8 Å². The Morgan fingerprint density at radius 2 is 2.00 bits per heavy atom. The van der Waals surface area contributed by atoms with Crippen molar-refractivity contribution in [2.24, 2.45) is 11.8 Å². The number of rotatable bonds is 6. The van der Waals surface area contributed by atoms with E-state index >= 15 is 0 Å². The van der Waals surface area contributed by atoms with Gasteiger partial charge >= 0.3 is 0 Å². The summed E-state index contributed by atoms with van der Waals surface area (Å²) in [5.74, 6) is 1.36. The van der Waals surface area contributed by atoms with E-state index in [0.717, 1.165) is 19.8 Å². The highest BCUT2D eigenvalue weighted by atomic mass is 16.5. The van der Waals surface area contributed by atoms with E-state index in [1.54, 1.807) is 0 Å². The molecule has 0 saturated carbocycles. The Hall–Kier alpha value is -0.0800. The highest BCUT2D eigenvalue weighted by molar-refractivity contribution is 4.63. The van der Waals surface area contributed by atoms with Crippen LogP contribution in [0.25, 0.3) is 0 Å². The summed E-state index contributed by atoms with van der Waals surface area (Å²) in [5, 5.41) is 3.18. The van der Waals surface area contributed by atoms with Crippen LogP contribution in [0.4, 0.5) is 0 Å². The lowest BCUT2D eigenvalue weighted by Gasteiger charge is -2.19. The largest absolute Gasteiger partial charge is 0.381 e. The van der Waals surface area contributed by atoms with E-state index in [9.17, 15) is 0 Å². The molecule has 0 fully saturated rings. The van der Waals surface area contributed by atoms with Crippen molar-refractivity contribution in [2.75, 3.05) is 26.8 Å². The average Bonchev–Trinajstić information content (AvgIpc) is 1.97. The van der Waals surface area contributed by atoms with Gasteiger partial charge in [0.15, 0.2) is 0 Å². The van der Waals surface area contributed by atoms with E-state index in [-0.39, 0.29) is 0 Å². The van der Waals surface area contributed by atoms with Gasteiger partial charge in [0.25, 0.3) is 0 Å². The summed E-state index contributed by atoms with van der Waals surface area (Å²) in [4.78, 5) is 0. The van der Waals surface area contributed by atoms with Crippen molar-refractivity contribution >= 4 is 0 Å². The summed E-state index contributed by atoms with van der Waals surface area (Å²) < 4.78 is 5.37. The maximum absolute atomic E-state index is 5.37. The van der Waals surface area contributed by atoms with Crippen LogP contribution in [-0.2, 0) is 4.74 Å². The third-order valence-corrected chi connectivity index (χ3v) is 1.95. The highest BCUT2D eigenvalue weighted by Gasteiger charge is 2.11. The first-order chi connectivity index (χ1) is 5.22. The molecule has 1 atom stereocenters. The fourth-order valence-electron chi connectivity index (χ4n) is 1.02. The lowest BCUT2D eigenvalue weighted by atomic mass is 9.97. The Bertz CT molecular complexity index is 83.6. The van der Waals surface area contributed by atoms with E-state index in [2.05, 4.69) is 19.2 Å². The highest BCUT2D eigenvalue weighted by Crippen LogP contribution is 2.09. The molecule has 0 spiro atoms. The van der Waals surface area contributed by atoms with Gasteiger partial charge in [-0.2, -0.15) is 0 Å². The molecule has 0 aromatic rings. The third kappa shape index (κ3) is 5.22. The molecule has 0 aromatic heterocycles. The fourth-order valence-corrected chi connectivity index (χ4v) is 1.02. The van der Waals surface area contributed by atoms with Gasteiger partial charge in [0.2, 0.25) is 0 Å². The lowest BCUT2D eigenvalue weighted by Crippen LogP contribution is -2.27. The molecule has 68 valence electrons. The molecule has 0 rings (SSSR count). The van der Waals surface area contributed by atoms with Crippen LogP contribution >= 0.6 is 0 Å². The maximum Gasteiger partial charge on any atom is 0.0508 e. The molecule has 0 radical (unpaired) electrons. The second-order valence-electron chi connectivity index (χ2n) is 3.22. The van der Waals surface area contributed by atoms with E-state index < -0.39 is 0 Å². The fraction of sp³-hybridized carbons (Fsp3) is 1.00. The first kappa shape index (κ1) is 10.9. The van der Waals surface area contributed by atoms with Crippen LogP contribution in [0.2, 0.25) is 0 Å². The first-order valence-corrected chi connectivity index (χ1v) is 4.44. The lowest BCUT2D eigenvalue weighted by molar-refractivity contribution is 0.0929. The summed E-state index contributed by atoms with van der Waals surface area (Å²) in [5.41, 5.74) is 0. The summed E-state index contributed by atoms with van der Waals surface area (Å²) in [6.07, 6.45) is 0. The number of ether oxygens (including phenoxy) is 1. The minimum absolute atomic E-state index is 0.653. The molecule has 0 amide bonds. The Labute approximate surface area is 70.3 Å². The van der Waals surface area contributed by atoms with Crippen LogP contribution in [0.1, 0.15) is 20.8 Å². The van der Waals surface area contributed by atoms with Crippen molar-refractivity contribution < 1.29 is 4.74 Å². The predicted molar refractivity (Wildman–Crippen MR) is 48.7 cm³/mol. The quantitative estimate of drug-likeness (QED) is 0.634. The van der Waals surface area contributed by atoms with E-state index in [4.69, 9.17) is 4.74 Å². The number of nitrogens with one attached hydrogen (secondary N) is 1. The van der Waals surface area contributed by atoms with Gasteiger partial charge in [-0.25, -0.2) is 0 Å². The molecule has 0 bridgehead atoms. The zero-order valence-corrected chi connectivity index (χ0v) is 8.18. The molecule has 11 heavy (non-hydrogen) atoms. The second-order valence-corrected chi connectivity index (χ2v) is 3.22. The van der Waals surface area contributed by atoms with E-state index in [0.29, 0.717) is 11.8 Å². The zero-order valence-electron chi connectivity index (χ0n) is 8.18. The second kappa shape index (κ2) is 6.62. The monoisotopic (exact) mass is 159 g/mol. The summed E-state index contributed by atoms with van der Waals surface area (Å²) in [6, 6.07) is 0. The van der Waals surface area contributed by atoms with Crippen molar-refractivity contribution in [3.8, 4) is 0 Å². The van der Waals surface area contributed by atoms with Gasteiger partial charge in [0.1, 0.15) is 0 Å². The summed E-state index contributed by atoms with van der Waals surface area (Å²) in [6.45, 7) is 9.28. The normalized spacial score (nSPS) is 13.9. The molecule has 0 aliphatic carbocycles. The van der Waals surface area contributed by atoms with Crippen LogP contribution in [0.15, 0.2) is 0 Å².